The van der Waals surface area contributed by atoms with Crippen molar-refractivity contribution in [1.29, 1.82) is 5.26 Å². The maximum Gasteiger partial charge on any atom is 0.164 e. The van der Waals surface area contributed by atoms with Crippen LogP contribution in [0.3, 0.4) is 0 Å². The summed E-state index contributed by atoms with van der Waals surface area (Å²) < 4.78 is 11.5. The average Bonchev–Trinajstić information content (AvgIpc) is 3.91. The molecule has 7 aromatic carbocycles. The van der Waals surface area contributed by atoms with Gasteiger partial charge in [-0.25, -0.2) is 15.0 Å². The number of thiophene rings is 1. The van der Waals surface area contributed by atoms with Crippen molar-refractivity contribution in [3.05, 3.63) is 157 Å². The van der Waals surface area contributed by atoms with E-state index in [0.717, 1.165) is 54.5 Å². The molecule has 0 fully saturated rings. The molecule has 0 unspecified atom stereocenters. The Morgan fingerprint density at radius 3 is 1.83 bits per heavy atom. The van der Waals surface area contributed by atoms with Crippen molar-refractivity contribution < 1.29 is 4.42 Å². The summed E-state index contributed by atoms with van der Waals surface area (Å²) in [5, 5.41) is 16.4. The van der Waals surface area contributed by atoms with Gasteiger partial charge in [0.2, 0.25) is 0 Å². The summed E-state index contributed by atoms with van der Waals surface area (Å²) in [6.45, 7) is 0. The van der Waals surface area contributed by atoms with E-state index in [9.17, 15) is 5.26 Å². The summed E-state index contributed by atoms with van der Waals surface area (Å²) in [4.78, 5) is 14.8. The minimum absolute atomic E-state index is 0.549. The second-order valence-corrected chi connectivity index (χ2v) is 14.1. The Balaban J connectivity index is 1.16. The number of hydrogen-bond acceptors (Lipinski definition) is 6. The summed E-state index contributed by atoms with van der Waals surface area (Å²) >= 11 is 1.79. The first kappa shape index (κ1) is 29.6. The second kappa shape index (κ2) is 11.4. The second-order valence-electron chi connectivity index (χ2n) is 13.1. The number of hydrogen-bond donors (Lipinski definition) is 0. The summed E-state index contributed by atoms with van der Waals surface area (Å²) in [5.74, 6) is 1.71. The lowest BCUT2D eigenvalue weighted by molar-refractivity contribution is 0.673. The van der Waals surface area contributed by atoms with Crippen molar-refractivity contribution >= 4 is 75.3 Å². The van der Waals surface area contributed by atoms with Crippen LogP contribution in [-0.4, -0.2) is 19.5 Å². The van der Waals surface area contributed by atoms with Crippen LogP contribution < -0.4 is 0 Å². The first-order chi connectivity index (χ1) is 26.2. The van der Waals surface area contributed by atoms with Crippen LogP contribution >= 0.6 is 11.3 Å². The van der Waals surface area contributed by atoms with Gasteiger partial charge in [0.25, 0.3) is 0 Å². The third-order valence-electron chi connectivity index (χ3n) is 10.1. The molecule has 4 heterocycles. The van der Waals surface area contributed by atoms with E-state index in [0.29, 0.717) is 23.0 Å². The molecule has 0 aliphatic carbocycles. The van der Waals surface area contributed by atoms with E-state index in [1.807, 2.05) is 48.5 Å². The Kier molecular flexibility index (Phi) is 6.38. The molecule has 0 radical (unpaired) electrons. The van der Waals surface area contributed by atoms with Crippen LogP contribution in [0.2, 0.25) is 0 Å². The molecule has 246 valence electrons. The van der Waals surface area contributed by atoms with E-state index >= 15 is 0 Å². The van der Waals surface area contributed by atoms with Gasteiger partial charge >= 0.3 is 0 Å². The van der Waals surface area contributed by atoms with Crippen molar-refractivity contribution in [2.24, 2.45) is 0 Å². The van der Waals surface area contributed by atoms with Crippen LogP contribution in [-0.2, 0) is 0 Å². The predicted molar refractivity (Wildman–Crippen MR) is 215 cm³/mol. The SMILES string of the molecule is N#Cc1ccc(-c2nc(-c3ccccc3)nc(-c3ccc(-n4c5ccccc5c5c6c7ccccc7oc6c6sc7ccccc7c6c54)cc3)n2)cc1. The third-order valence-corrected chi connectivity index (χ3v) is 11.3. The molecule has 0 saturated carbocycles. The maximum absolute atomic E-state index is 9.36. The van der Waals surface area contributed by atoms with E-state index in [1.165, 1.54) is 31.8 Å². The number of furan rings is 1. The minimum Gasteiger partial charge on any atom is -0.455 e. The number of benzene rings is 7. The van der Waals surface area contributed by atoms with Crippen LogP contribution in [0.4, 0.5) is 0 Å². The van der Waals surface area contributed by atoms with Crippen LogP contribution in [0.1, 0.15) is 5.56 Å². The van der Waals surface area contributed by atoms with Gasteiger partial charge in [0.05, 0.1) is 27.4 Å². The van der Waals surface area contributed by atoms with Crippen LogP contribution in [0.5, 0.6) is 0 Å². The van der Waals surface area contributed by atoms with Crippen molar-refractivity contribution in [2.75, 3.05) is 0 Å². The van der Waals surface area contributed by atoms with Gasteiger partial charge in [-0.15, -0.1) is 11.3 Å². The summed E-state index contributed by atoms with van der Waals surface area (Å²) in [6, 6.07) is 53.7. The quantitative estimate of drug-likeness (QED) is 0.183. The zero-order valence-corrected chi connectivity index (χ0v) is 28.8. The average molecular weight is 696 g/mol. The Hall–Kier alpha value is -7.14. The van der Waals surface area contributed by atoms with Gasteiger partial charge in [-0.1, -0.05) is 84.9 Å². The van der Waals surface area contributed by atoms with Gasteiger partial charge in [0.1, 0.15) is 5.58 Å². The number of nitriles is 1. The van der Waals surface area contributed by atoms with E-state index in [2.05, 4.69) is 102 Å². The first-order valence-corrected chi connectivity index (χ1v) is 18.2. The van der Waals surface area contributed by atoms with Crippen LogP contribution in [0.25, 0.3) is 104 Å². The molecule has 0 aliphatic heterocycles. The highest BCUT2D eigenvalue weighted by molar-refractivity contribution is 7.26. The Labute approximate surface area is 306 Å². The molecule has 0 atom stereocenters. The number of nitrogens with zero attached hydrogens (tertiary/aromatic N) is 5. The molecule has 11 aromatic rings. The molecule has 6 nitrogen and oxygen atoms in total. The minimum atomic E-state index is 0.549. The zero-order valence-electron chi connectivity index (χ0n) is 28.0. The fraction of sp³-hybridized carbons (Fsp3) is 0. The highest BCUT2D eigenvalue weighted by atomic mass is 32.1. The van der Waals surface area contributed by atoms with Gasteiger partial charge in [0, 0.05) is 59.4 Å². The molecule has 11 rings (SSSR count). The van der Waals surface area contributed by atoms with Gasteiger partial charge in [-0.3, -0.25) is 0 Å². The number of rotatable bonds is 4. The zero-order chi connectivity index (χ0) is 35.0. The molecule has 53 heavy (non-hydrogen) atoms. The van der Waals surface area contributed by atoms with Gasteiger partial charge in [0.15, 0.2) is 23.1 Å². The van der Waals surface area contributed by atoms with Gasteiger partial charge < -0.3 is 8.98 Å². The lowest BCUT2D eigenvalue weighted by Gasteiger charge is -2.11. The van der Waals surface area contributed by atoms with E-state index in [1.54, 1.807) is 23.5 Å². The normalized spacial score (nSPS) is 11.8. The van der Waals surface area contributed by atoms with Crippen LogP contribution in [0.15, 0.2) is 156 Å². The lowest BCUT2D eigenvalue weighted by atomic mass is 10.0. The Morgan fingerprint density at radius 1 is 0.528 bits per heavy atom. The monoisotopic (exact) mass is 695 g/mol. The molecule has 0 saturated heterocycles. The topological polar surface area (TPSA) is 80.5 Å². The van der Waals surface area contributed by atoms with Crippen molar-refractivity contribution in [3.63, 3.8) is 0 Å². The smallest absolute Gasteiger partial charge is 0.164 e. The standard InChI is InChI=1S/C46H25N5OS/c47-26-27-18-20-29(21-19-27)45-48-44(28-10-2-1-3-11-28)49-46(50-45)30-22-24-31(25-23-30)51-35-15-7-4-12-32(35)38-39-33-13-5-8-16-36(33)52-42(39)43-40(41(38)51)34-14-6-9-17-37(34)53-43/h1-25H. The number of aromatic nitrogens is 4. The molecular formula is C46H25N5OS. The van der Waals surface area contributed by atoms with E-state index in [-0.39, 0.29) is 0 Å². The molecule has 0 amide bonds. The first-order valence-electron chi connectivity index (χ1n) is 17.3. The highest BCUT2D eigenvalue weighted by Gasteiger charge is 2.25. The molecular weight excluding hydrogens is 671 g/mol. The molecule has 0 bridgehead atoms. The van der Waals surface area contributed by atoms with E-state index in [4.69, 9.17) is 19.4 Å². The maximum atomic E-state index is 9.36. The Bertz CT molecular complexity index is 3280. The number of para-hydroxylation sites is 2. The molecule has 4 aromatic heterocycles. The van der Waals surface area contributed by atoms with Gasteiger partial charge in [-0.05, 0) is 66.7 Å². The number of fused-ring (bicyclic) bond motifs is 12. The summed E-state index contributed by atoms with van der Waals surface area (Å²) in [5.41, 5.74) is 8.33. The van der Waals surface area contributed by atoms with Crippen molar-refractivity contribution in [2.45, 2.75) is 0 Å². The fourth-order valence-corrected chi connectivity index (χ4v) is 8.89. The van der Waals surface area contributed by atoms with Gasteiger partial charge in [-0.2, -0.15) is 5.26 Å². The summed E-state index contributed by atoms with van der Waals surface area (Å²) in [6.07, 6.45) is 0. The highest BCUT2D eigenvalue weighted by Crippen LogP contribution is 2.50. The third kappa shape index (κ3) is 4.46. The predicted octanol–water partition coefficient (Wildman–Crippen LogP) is 12.1. The van der Waals surface area contributed by atoms with E-state index < -0.39 is 0 Å². The Morgan fingerprint density at radius 2 is 1.11 bits per heavy atom. The largest absolute Gasteiger partial charge is 0.455 e. The summed E-state index contributed by atoms with van der Waals surface area (Å²) in [7, 11) is 0. The van der Waals surface area contributed by atoms with Crippen LogP contribution in [0, 0.1) is 11.3 Å². The lowest BCUT2D eigenvalue weighted by Crippen LogP contribution is -2.00. The molecule has 7 heteroatoms. The van der Waals surface area contributed by atoms with Crippen molar-refractivity contribution in [1.82, 2.24) is 19.5 Å². The molecule has 0 N–H and O–H groups in total. The molecule has 0 spiro atoms. The fourth-order valence-electron chi connectivity index (χ4n) is 7.70. The van der Waals surface area contributed by atoms with Crippen molar-refractivity contribution in [3.8, 4) is 45.9 Å². The molecule has 0 aliphatic rings.